The number of halogens is 3. The highest BCUT2D eigenvalue weighted by Crippen LogP contribution is 2.45. The fourth-order valence-corrected chi connectivity index (χ4v) is 2.45. The van der Waals surface area contributed by atoms with E-state index >= 15 is 0 Å². The van der Waals surface area contributed by atoms with Crippen LogP contribution < -0.4 is 0 Å². The van der Waals surface area contributed by atoms with Crippen molar-refractivity contribution in [2.75, 3.05) is 0 Å². The molecule has 2 N–H and O–H groups in total. The number of rotatable bonds is 3. The van der Waals surface area contributed by atoms with Crippen LogP contribution in [0.2, 0.25) is 0 Å². The second kappa shape index (κ2) is 4.72. The Morgan fingerprint density at radius 3 is 2.06 bits per heavy atom. The number of carbonyl (C=O) groups is 1. The fourth-order valence-electron chi connectivity index (χ4n) is 2.45. The minimum Gasteiger partial charge on any atom is -0.481 e. The molecule has 0 spiro atoms. The van der Waals surface area contributed by atoms with E-state index < -0.39 is 23.2 Å². The maximum Gasteiger partial charge on any atom is 0.417 e. The number of aliphatic carboxylic acids is 1. The van der Waals surface area contributed by atoms with Gasteiger partial charge in [0.2, 0.25) is 0 Å². The highest BCUT2D eigenvalue weighted by molar-refractivity contribution is 5.73. The van der Waals surface area contributed by atoms with E-state index in [1.165, 1.54) is 0 Å². The first kappa shape index (κ1) is 15.3. The molecule has 1 aliphatic carbocycles. The van der Waals surface area contributed by atoms with Crippen LogP contribution in [0.25, 0.3) is 0 Å². The first-order valence-corrected chi connectivity index (χ1v) is 6.00. The molecule has 3 nitrogen and oxygen atoms in total. The highest BCUT2D eigenvalue weighted by Gasteiger charge is 2.54. The summed E-state index contributed by atoms with van der Waals surface area (Å²) in [5.41, 5.74) is -3.52. The van der Waals surface area contributed by atoms with Crippen LogP contribution in [-0.2, 0) is 4.79 Å². The highest BCUT2D eigenvalue weighted by atomic mass is 19.4. The van der Waals surface area contributed by atoms with Crippen LogP contribution in [-0.4, -0.2) is 28.0 Å². The van der Waals surface area contributed by atoms with Gasteiger partial charge in [-0.3, -0.25) is 4.79 Å². The minimum atomic E-state index is -4.60. The monoisotopic (exact) mass is 268 g/mol. The summed E-state index contributed by atoms with van der Waals surface area (Å²) in [4.78, 5) is 11.0. The maximum atomic E-state index is 12.6. The van der Waals surface area contributed by atoms with Gasteiger partial charge in [0.1, 0.15) is 0 Å². The zero-order chi connectivity index (χ0) is 14.2. The van der Waals surface area contributed by atoms with Crippen molar-refractivity contribution >= 4 is 5.97 Å². The molecule has 1 rings (SSSR count). The van der Waals surface area contributed by atoms with Gasteiger partial charge in [-0.2, -0.15) is 13.2 Å². The van der Waals surface area contributed by atoms with E-state index in [2.05, 4.69) is 0 Å². The van der Waals surface area contributed by atoms with Crippen molar-refractivity contribution in [3.8, 4) is 0 Å². The SMILES string of the molecule is CC(C)(CC1CCC(O)(C(F)(F)F)CC1)C(=O)O. The van der Waals surface area contributed by atoms with Crippen LogP contribution in [0.4, 0.5) is 13.2 Å². The lowest BCUT2D eigenvalue weighted by atomic mass is 9.72. The van der Waals surface area contributed by atoms with Gasteiger partial charge < -0.3 is 10.2 Å². The van der Waals surface area contributed by atoms with Gasteiger partial charge >= 0.3 is 12.1 Å². The van der Waals surface area contributed by atoms with Crippen LogP contribution in [0.3, 0.4) is 0 Å². The molecule has 0 radical (unpaired) electrons. The topological polar surface area (TPSA) is 57.5 Å². The molecule has 0 aromatic heterocycles. The molecule has 6 heteroatoms. The average molecular weight is 268 g/mol. The molecule has 18 heavy (non-hydrogen) atoms. The smallest absolute Gasteiger partial charge is 0.417 e. The summed E-state index contributed by atoms with van der Waals surface area (Å²) in [6.45, 7) is 3.14. The Balaban J connectivity index is 2.58. The third-order valence-electron chi connectivity index (χ3n) is 3.84. The van der Waals surface area contributed by atoms with Crippen LogP contribution in [0.5, 0.6) is 0 Å². The zero-order valence-electron chi connectivity index (χ0n) is 10.5. The van der Waals surface area contributed by atoms with Crippen molar-refractivity contribution in [1.82, 2.24) is 0 Å². The Labute approximate surface area is 104 Å². The standard InChI is InChI=1S/C12H19F3O3/c1-10(2,9(16)17)7-8-3-5-11(18,6-4-8)12(13,14)15/h8,18H,3-7H2,1-2H3,(H,16,17). The van der Waals surface area contributed by atoms with Gasteiger partial charge in [0.15, 0.2) is 5.60 Å². The van der Waals surface area contributed by atoms with E-state index in [-0.39, 0.29) is 31.6 Å². The molecule has 0 saturated heterocycles. The molecule has 1 fully saturated rings. The van der Waals surface area contributed by atoms with Crippen LogP contribution in [0, 0.1) is 11.3 Å². The molecule has 0 aliphatic heterocycles. The lowest BCUT2D eigenvalue weighted by Gasteiger charge is -2.38. The molecule has 1 saturated carbocycles. The Hall–Kier alpha value is -0.780. The van der Waals surface area contributed by atoms with E-state index in [1.54, 1.807) is 13.8 Å². The molecule has 0 atom stereocenters. The molecular formula is C12H19F3O3. The fraction of sp³-hybridized carbons (Fsp3) is 0.917. The van der Waals surface area contributed by atoms with Gasteiger partial charge in [-0.1, -0.05) is 0 Å². The van der Waals surface area contributed by atoms with Crippen molar-refractivity contribution in [3.05, 3.63) is 0 Å². The summed E-state index contributed by atoms with van der Waals surface area (Å²) in [6.07, 6.45) is -4.50. The molecule has 0 heterocycles. The quantitative estimate of drug-likeness (QED) is 0.827. The van der Waals surface area contributed by atoms with Gasteiger partial charge in [0, 0.05) is 0 Å². The number of carboxylic acids is 1. The number of hydrogen-bond acceptors (Lipinski definition) is 2. The molecule has 0 amide bonds. The van der Waals surface area contributed by atoms with E-state index in [1.807, 2.05) is 0 Å². The second-order valence-electron chi connectivity index (χ2n) is 5.87. The summed E-state index contributed by atoms with van der Waals surface area (Å²) in [5.74, 6) is -1.02. The van der Waals surface area contributed by atoms with E-state index in [0.29, 0.717) is 6.42 Å². The van der Waals surface area contributed by atoms with Gasteiger partial charge in [0.05, 0.1) is 5.41 Å². The average Bonchev–Trinajstić information content (AvgIpc) is 2.19. The van der Waals surface area contributed by atoms with Gasteiger partial charge in [-0.25, -0.2) is 0 Å². The second-order valence-corrected chi connectivity index (χ2v) is 5.87. The maximum absolute atomic E-state index is 12.6. The molecule has 0 bridgehead atoms. The summed E-state index contributed by atoms with van der Waals surface area (Å²) in [6, 6.07) is 0. The van der Waals surface area contributed by atoms with Crippen molar-refractivity contribution < 1.29 is 28.2 Å². The minimum absolute atomic E-state index is 0.0706. The van der Waals surface area contributed by atoms with Crippen LogP contribution >= 0.6 is 0 Å². The van der Waals surface area contributed by atoms with Crippen molar-refractivity contribution in [1.29, 1.82) is 0 Å². The van der Waals surface area contributed by atoms with Crippen molar-refractivity contribution in [3.63, 3.8) is 0 Å². The summed E-state index contributed by atoms with van der Waals surface area (Å²) in [5, 5.41) is 18.5. The predicted molar refractivity (Wildman–Crippen MR) is 59.0 cm³/mol. The largest absolute Gasteiger partial charge is 0.481 e. The van der Waals surface area contributed by atoms with Gasteiger partial charge in [0.25, 0.3) is 0 Å². The van der Waals surface area contributed by atoms with Crippen LogP contribution in [0.1, 0.15) is 46.0 Å². The molecule has 106 valence electrons. The Morgan fingerprint density at radius 2 is 1.72 bits per heavy atom. The number of hydrogen-bond donors (Lipinski definition) is 2. The Morgan fingerprint density at radius 1 is 1.28 bits per heavy atom. The lowest BCUT2D eigenvalue weighted by molar-refractivity contribution is -0.272. The number of alkyl halides is 3. The van der Waals surface area contributed by atoms with Crippen molar-refractivity contribution in [2.45, 2.75) is 57.7 Å². The third-order valence-corrected chi connectivity index (χ3v) is 3.84. The Kier molecular flexibility index (Phi) is 4.00. The molecular weight excluding hydrogens is 249 g/mol. The summed E-state index contributed by atoms with van der Waals surface area (Å²) in [7, 11) is 0. The summed E-state index contributed by atoms with van der Waals surface area (Å²) >= 11 is 0. The molecule has 0 aromatic carbocycles. The zero-order valence-corrected chi connectivity index (χ0v) is 10.5. The lowest BCUT2D eigenvalue weighted by Crippen LogP contribution is -2.48. The first-order chi connectivity index (χ1) is 7.98. The van der Waals surface area contributed by atoms with Gasteiger partial charge in [-0.05, 0) is 51.9 Å². The number of carboxylic acid groups (broad SMARTS) is 1. The Bertz CT molecular complexity index is 315. The molecule has 1 aliphatic rings. The normalized spacial score (nSPS) is 30.2. The van der Waals surface area contributed by atoms with Crippen LogP contribution in [0.15, 0.2) is 0 Å². The van der Waals surface area contributed by atoms with Gasteiger partial charge in [-0.15, -0.1) is 0 Å². The summed E-state index contributed by atoms with van der Waals surface area (Å²) < 4.78 is 37.7. The number of aliphatic hydroxyl groups is 1. The first-order valence-electron chi connectivity index (χ1n) is 6.00. The molecule has 0 unspecified atom stereocenters. The van der Waals surface area contributed by atoms with E-state index in [0.717, 1.165) is 0 Å². The predicted octanol–water partition coefficient (Wildman–Crippen LogP) is 2.97. The molecule has 0 aromatic rings. The van der Waals surface area contributed by atoms with E-state index in [4.69, 9.17) is 5.11 Å². The third kappa shape index (κ3) is 3.16. The van der Waals surface area contributed by atoms with E-state index in [9.17, 15) is 23.1 Å². The van der Waals surface area contributed by atoms with Crippen molar-refractivity contribution in [2.24, 2.45) is 11.3 Å².